The fourth-order valence-corrected chi connectivity index (χ4v) is 3.28. The fraction of sp³-hybridized carbons (Fsp3) is 0.900. The molecule has 6 heteroatoms. The molecule has 0 bridgehead atoms. The molecule has 1 fully saturated rings. The molecule has 2 N–H and O–H groups in total. The van der Waals surface area contributed by atoms with Gasteiger partial charge in [-0.3, -0.25) is 0 Å². The summed E-state index contributed by atoms with van der Waals surface area (Å²) in [6.45, 7) is 3.14. The van der Waals surface area contributed by atoms with Gasteiger partial charge in [0.15, 0.2) is 5.25 Å². The summed E-state index contributed by atoms with van der Waals surface area (Å²) in [7, 11) is -3.41. The van der Waals surface area contributed by atoms with Gasteiger partial charge in [-0.1, -0.05) is 0 Å². The summed E-state index contributed by atoms with van der Waals surface area (Å²) < 4.78 is 25.2. The molecule has 1 aliphatic heterocycles. The average molecular weight is 245 g/mol. The van der Waals surface area contributed by atoms with Crippen molar-refractivity contribution >= 4 is 10.0 Å². The third-order valence-electron chi connectivity index (χ3n) is 3.14. The van der Waals surface area contributed by atoms with Crippen molar-refractivity contribution in [1.82, 2.24) is 4.31 Å². The van der Waals surface area contributed by atoms with Gasteiger partial charge >= 0.3 is 0 Å². The first-order valence-corrected chi connectivity index (χ1v) is 7.11. The molecule has 1 rings (SSSR count). The van der Waals surface area contributed by atoms with Crippen LogP contribution in [0.2, 0.25) is 0 Å². The molecule has 0 saturated carbocycles. The molecule has 0 aromatic heterocycles. The van der Waals surface area contributed by atoms with Gasteiger partial charge < -0.3 is 5.73 Å². The second-order valence-corrected chi connectivity index (χ2v) is 6.49. The fourth-order valence-electron chi connectivity index (χ4n) is 1.98. The Morgan fingerprint density at radius 2 is 2.06 bits per heavy atom. The Balaban J connectivity index is 2.58. The van der Waals surface area contributed by atoms with Crippen molar-refractivity contribution in [3.05, 3.63) is 0 Å². The van der Waals surface area contributed by atoms with Crippen LogP contribution in [-0.4, -0.2) is 37.6 Å². The number of hydrogen-bond donors (Lipinski definition) is 1. The second-order valence-electron chi connectivity index (χ2n) is 4.24. The zero-order valence-electron chi connectivity index (χ0n) is 9.59. The Morgan fingerprint density at radius 3 is 2.50 bits per heavy atom. The lowest BCUT2D eigenvalue weighted by atomic mass is 9.95. The summed E-state index contributed by atoms with van der Waals surface area (Å²) in [4.78, 5) is 0. The van der Waals surface area contributed by atoms with Gasteiger partial charge in [0, 0.05) is 13.1 Å². The minimum Gasteiger partial charge on any atom is -0.330 e. The van der Waals surface area contributed by atoms with Crippen LogP contribution >= 0.6 is 0 Å². The molecule has 1 heterocycles. The predicted octanol–water partition coefficient (Wildman–Crippen LogP) is 0.289. The van der Waals surface area contributed by atoms with Gasteiger partial charge in [0.1, 0.15) is 0 Å². The zero-order chi connectivity index (χ0) is 12.2. The lowest BCUT2D eigenvalue weighted by molar-refractivity contribution is 0.265. The average Bonchev–Trinajstić information content (AvgIpc) is 2.29. The van der Waals surface area contributed by atoms with E-state index in [4.69, 9.17) is 11.0 Å². The minimum atomic E-state index is -3.41. The van der Waals surface area contributed by atoms with Crippen LogP contribution in [0.15, 0.2) is 0 Å². The van der Waals surface area contributed by atoms with Crippen molar-refractivity contribution in [2.75, 3.05) is 19.6 Å². The predicted molar refractivity (Wildman–Crippen MR) is 62.0 cm³/mol. The molecule has 0 aliphatic carbocycles. The van der Waals surface area contributed by atoms with Gasteiger partial charge in [-0.25, -0.2) is 12.7 Å². The van der Waals surface area contributed by atoms with E-state index in [2.05, 4.69) is 0 Å². The van der Waals surface area contributed by atoms with Crippen LogP contribution in [0.3, 0.4) is 0 Å². The number of nitriles is 1. The van der Waals surface area contributed by atoms with Crippen LogP contribution in [0.5, 0.6) is 0 Å². The Hall–Kier alpha value is -0.640. The van der Waals surface area contributed by atoms with E-state index >= 15 is 0 Å². The second kappa shape index (κ2) is 5.62. The molecule has 92 valence electrons. The van der Waals surface area contributed by atoms with E-state index in [0.29, 0.717) is 25.6 Å². The molecule has 0 aromatic carbocycles. The number of nitrogens with zero attached hydrogens (tertiary/aromatic N) is 2. The van der Waals surface area contributed by atoms with E-state index in [9.17, 15) is 8.42 Å². The van der Waals surface area contributed by atoms with E-state index in [1.165, 1.54) is 11.2 Å². The first kappa shape index (κ1) is 13.4. The zero-order valence-corrected chi connectivity index (χ0v) is 10.4. The maximum Gasteiger partial charge on any atom is 0.230 e. The maximum atomic E-state index is 11.9. The molecular weight excluding hydrogens is 226 g/mol. The summed E-state index contributed by atoms with van der Waals surface area (Å²) in [5, 5.41) is 7.72. The topological polar surface area (TPSA) is 87.2 Å². The number of nitrogens with two attached hydrogens (primary N) is 1. The highest BCUT2D eigenvalue weighted by atomic mass is 32.2. The van der Waals surface area contributed by atoms with Gasteiger partial charge in [0.2, 0.25) is 10.0 Å². The lowest BCUT2D eigenvalue weighted by Crippen LogP contribution is -2.42. The summed E-state index contributed by atoms with van der Waals surface area (Å²) in [6, 6.07) is 1.79. The smallest absolute Gasteiger partial charge is 0.230 e. The summed E-state index contributed by atoms with van der Waals surface area (Å²) in [5.74, 6) is 0.536. The first-order valence-electron chi connectivity index (χ1n) is 5.61. The monoisotopic (exact) mass is 245 g/mol. The number of hydrogen-bond acceptors (Lipinski definition) is 4. The maximum absolute atomic E-state index is 11.9. The van der Waals surface area contributed by atoms with Crippen molar-refractivity contribution < 1.29 is 8.42 Å². The van der Waals surface area contributed by atoms with E-state index in [1.807, 2.05) is 0 Å². The standard InChI is InChI=1S/C10H19N3O2S/c1-9(8-12)16(14,15)13-6-3-10(2-5-11)4-7-13/h9-10H,2-7,11H2,1H3. The van der Waals surface area contributed by atoms with E-state index in [1.54, 1.807) is 6.07 Å². The van der Waals surface area contributed by atoms with Crippen LogP contribution in [-0.2, 0) is 10.0 Å². The summed E-state index contributed by atoms with van der Waals surface area (Å²) in [6.07, 6.45) is 2.67. The molecule has 0 spiro atoms. The number of rotatable bonds is 4. The summed E-state index contributed by atoms with van der Waals surface area (Å²) >= 11 is 0. The largest absolute Gasteiger partial charge is 0.330 e. The quantitative estimate of drug-likeness (QED) is 0.771. The van der Waals surface area contributed by atoms with Gasteiger partial charge in [-0.05, 0) is 38.6 Å². The van der Waals surface area contributed by atoms with Gasteiger partial charge in [-0.15, -0.1) is 0 Å². The normalized spacial score (nSPS) is 21.6. The Kier molecular flexibility index (Phi) is 4.71. The van der Waals surface area contributed by atoms with Gasteiger partial charge in [0.05, 0.1) is 6.07 Å². The van der Waals surface area contributed by atoms with E-state index in [0.717, 1.165) is 19.3 Å². The van der Waals surface area contributed by atoms with Crippen molar-refractivity contribution in [1.29, 1.82) is 5.26 Å². The van der Waals surface area contributed by atoms with Crippen LogP contribution in [0, 0.1) is 17.2 Å². The van der Waals surface area contributed by atoms with Crippen molar-refractivity contribution in [2.24, 2.45) is 11.7 Å². The van der Waals surface area contributed by atoms with Crippen LogP contribution in [0.1, 0.15) is 26.2 Å². The third kappa shape index (κ3) is 2.94. The van der Waals surface area contributed by atoms with Crippen molar-refractivity contribution in [2.45, 2.75) is 31.4 Å². The van der Waals surface area contributed by atoms with E-state index < -0.39 is 15.3 Å². The molecule has 16 heavy (non-hydrogen) atoms. The molecule has 1 unspecified atom stereocenters. The molecular formula is C10H19N3O2S. The highest BCUT2D eigenvalue weighted by molar-refractivity contribution is 7.89. The molecule has 1 aliphatic rings. The van der Waals surface area contributed by atoms with Gasteiger partial charge in [0.25, 0.3) is 0 Å². The SMILES string of the molecule is CC(C#N)S(=O)(=O)N1CCC(CCN)CC1. The van der Waals surface area contributed by atoms with Crippen molar-refractivity contribution in [3.63, 3.8) is 0 Å². The van der Waals surface area contributed by atoms with Gasteiger partial charge in [-0.2, -0.15) is 5.26 Å². The number of piperidine rings is 1. The molecule has 0 amide bonds. The molecule has 5 nitrogen and oxygen atoms in total. The number of sulfonamides is 1. The lowest BCUT2D eigenvalue weighted by Gasteiger charge is -2.31. The van der Waals surface area contributed by atoms with Crippen LogP contribution in [0.4, 0.5) is 0 Å². The summed E-state index contributed by atoms with van der Waals surface area (Å²) in [5.41, 5.74) is 5.47. The van der Waals surface area contributed by atoms with Crippen LogP contribution in [0.25, 0.3) is 0 Å². The highest BCUT2D eigenvalue weighted by Crippen LogP contribution is 2.23. The van der Waals surface area contributed by atoms with E-state index in [-0.39, 0.29) is 0 Å². The molecule has 0 radical (unpaired) electrons. The first-order chi connectivity index (χ1) is 7.52. The highest BCUT2D eigenvalue weighted by Gasteiger charge is 2.31. The Bertz CT molecular complexity index is 353. The molecule has 0 aromatic rings. The van der Waals surface area contributed by atoms with Crippen molar-refractivity contribution in [3.8, 4) is 6.07 Å². The van der Waals surface area contributed by atoms with Crippen LogP contribution < -0.4 is 5.73 Å². The molecule has 1 atom stereocenters. The molecule has 1 saturated heterocycles. The Morgan fingerprint density at radius 1 is 1.50 bits per heavy atom. The third-order valence-corrected chi connectivity index (χ3v) is 5.22. The minimum absolute atomic E-state index is 0.527. The Labute approximate surface area is 97.3 Å².